The Morgan fingerprint density at radius 2 is 1.89 bits per heavy atom. The summed E-state index contributed by atoms with van der Waals surface area (Å²) < 4.78 is 9.77. The van der Waals surface area contributed by atoms with E-state index in [0.29, 0.717) is 6.42 Å². The lowest BCUT2D eigenvalue weighted by Gasteiger charge is -2.30. The number of rotatable bonds is 2. The van der Waals surface area contributed by atoms with E-state index in [0.717, 1.165) is 31.3 Å². The molecule has 0 radical (unpaired) electrons. The van der Waals surface area contributed by atoms with Gasteiger partial charge in [0.15, 0.2) is 5.41 Å². The molecule has 0 saturated carbocycles. The molecule has 0 aromatic carbocycles. The minimum Gasteiger partial charge on any atom is -0.468 e. The predicted octanol–water partition coefficient (Wildman–Crippen LogP) is 2.40. The fraction of sp³-hybridized carbons (Fsp3) is 0.600. The van der Waals surface area contributed by atoms with Crippen LogP contribution in [0.4, 0.5) is 0 Å². The minimum atomic E-state index is -1.18. The Labute approximate surface area is 113 Å². The van der Waals surface area contributed by atoms with Crippen molar-refractivity contribution in [3.8, 4) is 0 Å². The van der Waals surface area contributed by atoms with Crippen molar-refractivity contribution in [3.63, 3.8) is 0 Å². The topological polar surface area (TPSA) is 52.6 Å². The van der Waals surface area contributed by atoms with Crippen LogP contribution in [-0.2, 0) is 19.1 Å². The van der Waals surface area contributed by atoms with E-state index < -0.39 is 17.4 Å². The molecule has 0 heterocycles. The Morgan fingerprint density at radius 3 is 2.53 bits per heavy atom. The third kappa shape index (κ3) is 2.31. The third-order valence-electron chi connectivity index (χ3n) is 4.10. The predicted molar refractivity (Wildman–Crippen MR) is 70.3 cm³/mol. The third-order valence-corrected chi connectivity index (χ3v) is 4.10. The number of carbonyl (C=O) groups is 2. The summed E-state index contributed by atoms with van der Waals surface area (Å²) in [5.74, 6) is -1.08. The van der Waals surface area contributed by atoms with Crippen LogP contribution in [0.1, 0.15) is 32.1 Å². The van der Waals surface area contributed by atoms with Crippen molar-refractivity contribution in [2.45, 2.75) is 32.1 Å². The van der Waals surface area contributed by atoms with Crippen molar-refractivity contribution in [2.75, 3.05) is 14.2 Å². The molecule has 104 valence electrons. The van der Waals surface area contributed by atoms with Crippen molar-refractivity contribution in [2.24, 2.45) is 11.3 Å². The lowest BCUT2D eigenvalue weighted by molar-refractivity contribution is -0.171. The van der Waals surface area contributed by atoms with Gasteiger partial charge in [0.25, 0.3) is 0 Å². The number of hydrogen-bond acceptors (Lipinski definition) is 4. The first-order valence-electron chi connectivity index (χ1n) is 6.69. The molecular formula is C15H20O4. The summed E-state index contributed by atoms with van der Waals surface area (Å²) in [5.41, 5.74) is -0.150. The Morgan fingerprint density at radius 1 is 1.21 bits per heavy atom. The number of methoxy groups -OCH3 is 2. The fourth-order valence-corrected chi connectivity index (χ4v) is 3.11. The summed E-state index contributed by atoms with van der Waals surface area (Å²) in [4.78, 5) is 24.4. The van der Waals surface area contributed by atoms with Gasteiger partial charge in [0, 0.05) is 5.92 Å². The zero-order chi connectivity index (χ0) is 13.9. The molecule has 0 N–H and O–H groups in total. The van der Waals surface area contributed by atoms with E-state index in [-0.39, 0.29) is 5.92 Å². The monoisotopic (exact) mass is 264 g/mol. The second-order valence-electron chi connectivity index (χ2n) is 5.17. The van der Waals surface area contributed by atoms with Gasteiger partial charge in [0.1, 0.15) is 0 Å². The lowest BCUT2D eigenvalue weighted by Crippen LogP contribution is -2.44. The molecule has 2 bridgehead atoms. The van der Waals surface area contributed by atoms with Gasteiger partial charge in [-0.05, 0) is 25.7 Å². The second kappa shape index (κ2) is 5.59. The van der Waals surface area contributed by atoms with Gasteiger partial charge in [-0.2, -0.15) is 0 Å². The van der Waals surface area contributed by atoms with Crippen molar-refractivity contribution in [3.05, 3.63) is 23.8 Å². The summed E-state index contributed by atoms with van der Waals surface area (Å²) >= 11 is 0. The van der Waals surface area contributed by atoms with Gasteiger partial charge >= 0.3 is 11.9 Å². The largest absolute Gasteiger partial charge is 0.468 e. The molecule has 19 heavy (non-hydrogen) atoms. The molecule has 2 aliphatic carbocycles. The smallest absolute Gasteiger partial charge is 0.324 e. The maximum Gasteiger partial charge on any atom is 0.324 e. The summed E-state index contributed by atoms with van der Waals surface area (Å²) in [6.45, 7) is 0. The van der Waals surface area contributed by atoms with Crippen LogP contribution in [0.5, 0.6) is 0 Å². The summed E-state index contributed by atoms with van der Waals surface area (Å²) in [6.07, 6.45) is 10.5. The number of carbonyl (C=O) groups excluding carboxylic acids is 2. The normalized spacial score (nSPS) is 26.4. The quantitative estimate of drug-likeness (QED) is 0.567. The number of allylic oxidation sites excluding steroid dienone is 4. The Kier molecular flexibility index (Phi) is 4.08. The van der Waals surface area contributed by atoms with Gasteiger partial charge in [0.05, 0.1) is 14.2 Å². The van der Waals surface area contributed by atoms with E-state index in [1.165, 1.54) is 14.2 Å². The van der Waals surface area contributed by atoms with Gasteiger partial charge in [-0.1, -0.05) is 30.2 Å². The minimum absolute atomic E-state index is 0.120. The van der Waals surface area contributed by atoms with Crippen LogP contribution < -0.4 is 0 Å². The molecular weight excluding hydrogens is 244 g/mol. The van der Waals surface area contributed by atoms with Crippen LogP contribution in [0.3, 0.4) is 0 Å². The molecule has 4 nitrogen and oxygen atoms in total. The average Bonchev–Trinajstić information content (AvgIpc) is 2.85. The maximum absolute atomic E-state index is 12.2. The zero-order valence-corrected chi connectivity index (χ0v) is 11.5. The molecule has 2 aliphatic rings. The molecule has 1 unspecified atom stereocenters. The van der Waals surface area contributed by atoms with Gasteiger partial charge in [-0.25, -0.2) is 0 Å². The standard InChI is InChI=1S/C15H20O4/c1-18-13(16)15(14(17)19-2)10-11-7-5-3-4-6-8-12(15)9-11/h5,7,9,12H,3-4,6,8,10H2,1-2H3/b7-5-. The first kappa shape index (κ1) is 13.8. The maximum atomic E-state index is 12.2. The van der Waals surface area contributed by atoms with Gasteiger partial charge in [0.2, 0.25) is 0 Å². The number of hydrogen-bond donors (Lipinski definition) is 0. The van der Waals surface area contributed by atoms with Crippen molar-refractivity contribution in [1.82, 2.24) is 0 Å². The molecule has 1 atom stereocenters. The molecule has 0 aromatic heterocycles. The van der Waals surface area contributed by atoms with Gasteiger partial charge < -0.3 is 9.47 Å². The highest BCUT2D eigenvalue weighted by atomic mass is 16.5. The molecule has 0 spiro atoms. The Bertz CT molecular complexity index is 417. The molecule has 0 aromatic rings. The Balaban J connectivity index is 2.39. The van der Waals surface area contributed by atoms with Crippen LogP contribution in [0, 0.1) is 11.3 Å². The van der Waals surface area contributed by atoms with Crippen LogP contribution in [0.25, 0.3) is 0 Å². The van der Waals surface area contributed by atoms with E-state index >= 15 is 0 Å². The highest BCUT2D eigenvalue weighted by molar-refractivity contribution is 6.01. The van der Waals surface area contributed by atoms with Crippen molar-refractivity contribution < 1.29 is 19.1 Å². The molecule has 0 aliphatic heterocycles. The van der Waals surface area contributed by atoms with Crippen LogP contribution in [-0.4, -0.2) is 26.2 Å². The summed E-state index contributed by atoms with van der Waals surface area (Å²) in [5, 5.41) is 0. The molecule has 0 saturated heterocycles. The van der Waals surface area contributed by atoms with E-state index in [2.05, 4.69) is 6.08 Å². The molecule has 0 amide bonds. The second-order valence-corrected chi connectivity index (χ2v) is 5.17. The molecule has 4 heteroatoms. The first-order valence-corrected chi connectivity index (χ1v) is 6.69. The van der Waals surface area contributed by atoms with Crippen LogP contribution in [0.2, 0.25) is 0 Å². The van der Waals surface area contributed by atoms with Crippen molar-refractivity contribution >= 4 is 11.9 Å². The molecule has 2 rings (SSSR count). The van der Waals surface area contributed by atoms with Gasteiger partial charge in [-0.3, -0.25) is 9.59 Å². The number of esters is 2. The van der Waals surface area contributed by atoms with Crippen molar-refractivity contribution in [1.29, 1.82) is 0 Å². The SMILES string of the molecule is COC(=O)C1(C(=O)OC)CC2=CC1CCCC/C=C\2. The highest BCUT2D eigenvalue weighted by Gasteiger charge is 2.56. The average molecular weight is 264 g/mol. The lowest BCUT2D eigenvalue weighted by atomic mass is 9.74. The number of ether oxygens (including phenoxy) is 2. The summed E-state index contributed by atoms with van der Waals surface area (Å²) in [6, 6.07) is 0. The fourth-order valence-electron chi connectivity index (χ4n) is 3.11. The van der Waals surface area contributed by atoms with Crippen LogP contribution in [0.15, 0.2) is 23.8 Å². The number of fused-ring (bicyclic) bond motifs is 1. The highest BCUT2D eigenvalue weighted by Crippen LogP contribution is 2.47. The summed E-state index contributed by atoms with van der Waals surface area (Å²) in [7, 11) is 2.65. The van der Waals surface area contributed by atoms with E-state index in [1.807, 2.05) is 12.2 Å². The first-order chi connectivity index (χ1) is 9.15. The zero-order valence-electron chi connectivity index (χ0n) is 11.5. The van der Waals surface area contributed by atoms with Gasteiger partial charge in [-0.15, -0.1) is 0 Å². The Hall–Kier alpha value is -1.58. The van der Waals surface area contributed by atoms with E-state index in [4.69, 9.17) is 9.47 Å². The van der Waals surface area contributed by atoms with Crippen LogP contribution >= 0.6 is 0 Å². The molecule has 0 fully saturated rings. The van der Waals surface area contributed by atoms with E-state index in [1.54, 1.807) is 0 Å². The van der Waals surface area contributed by atoms with E-state index in [9.17, 15) is 9.59 Å².